The standard InChI is InChI=1S/C17H22N2O4/c1-22-14-2-3-15-13(12-23-16(15)11-14)10-17(21)19-6-4-18(5-7-19)8-9-20/h2-3,11-12,20H,4-10H2,1H3. The molecule has 0 unspecified atom stereocenters. The molecule has 0 radical (unpaired) electrons. The van der Waals surface area contributed by atoms with Crippen LogP contribution < -0.4 is 4.74 Å². The van der Waals surface area contributed by atoms with Gasteiger partial charge in [-0.15, -0.1) is 0 Å². The summed E-state index contributed by atoms with van der Waals surface area (Å²) in [6.07, 6.45) is 2.00. The number of fused-ring (bicyclic) bond motifs is 1. The predicted molar refractivity (Wildman–Crippen MR) is 86.6 cm³/mol. The molecule has 1 N–H and O–H groups in total. The van der Waals surface area contributed by atoms with Crippen LogP contribution >= 0.6 is 0 Å². The average Bonchev–Trinajstić information content (AvgIpc) is 2.98. The van der Waals surface area contributed by atoms with Gasteiger partial charge in [-0.2, -0.15) is 0 Å². The van der Waals surface area contributed by atoms with E-state index >= 15 is 0 Å². The van der Waals surface area contributed by atoms with E-state index in [9.17, 15) is 4.79 Å². The summed E-state index contributed by atoms with van der Waals surface area (Å²) in [5.74, 6) is 0.858. The molecule has 23 heavy (non-hydrogen) atoms. The number of hydrogen-bond acceptors (Lipinski definition) is 5. The van der Waals surface area contributed by atoms with Gasteiger partial charge in [0.2, 0.25) is 5.91 Å². The summed E-state index contributed by atoms with van der Waals surface area (Å²) >= 11 is 0. The molecule has 1 saturated heterocycles. The van der Waals surface area contributed by atoms with E-state index in [1.54, 1.807) is 13.4 Å². The van der Waals surface area contributed by atoms with Gasteiger partial charge in [0.15, 0.2) is 0 Å². The number of β-amino-alcohol motifs (C(OH)–C–C–N with tert-alkyl or cyclic N) is 1. The summed E-state index contributed by atoms with van der Waals surface area (Å²) in [6, 6.07) is 5.63. The first-order valence-electron chi connectivity index (χ1n) is 7.86. The number of furan rings is 1. The smallest absolute Gasteiger partial charge is 0.227 e. The molecule has 0 bridgehead atoms. The van der Waals surface area contributed by atoms with Crippen molar-refractivity contribution in [2.75, 3.05) is 46.4 Å². The van der Waals surface area contributed by atoms with Crippen molar-refractivity contribution in [2.45, 2.75) is 6.42 Å². The zero-order valence-electron chi connectivity index (χ0n) is 13.3. The van der Waals surface area contributed by atoms with E-state index in [4.69, 9.17) is 14.3 Å². The van der Waals surface area contributed by atoms with Crippen molar-refractivity contribution in [1.82, 2.24) is 9.80 Å². The summed E-state index contributed by atoms with van der Waals surface area (Å²) in [5, 5.41) is 9.92. The van der Waals surface area contributed by atoms with Crippen LogP contribution in [-0.2, 0) is 11.2 Å². The highest BCUT2D eigenvalue weighted by Crippen LogP contribution is 2.26. The monoisotopic (exact) mass is 318 g/mol. The number of ether oxygens (including phenoxy) is 1. The highest BCUT2D eigenvalue weighted by Gasteiger charge is 2.22. The Hall–Kier alpha value is -2.05. The van der Waals surface area contributed by atoms with Gasteiger partial charge in [-0.05, 0) is 12.1 Å². The van der Waals surface area contributed by atoms with Gasteiger partial charge in [0, 0.05) is 49.7 Å². The molecular formula is C17H22N2O4. The van der Waals surface area contributed by atoms with Crippen molar-refractivity contribution in [1.29, 1.82) is 0 Å². The number of methoxy groups -OCH3 is 1. The van der Waals surface area contributed by atoms with Crippen molar-refractivity contribution in [3.05, 3.63) is 30.0 Å². The number of aliphatic hydroxyl groups is 1. The second-order valence-electron chi connectivity index (χ2n) is 5.75. The molecule has 0 atom stereocenters. The van der Waals surface area contributed by atoms with E-state index in [0.29, 0.717) is 26.1 Å². The summed E-state index contributed by atoms with van der Waals surface area (Å²) in [6.45, 7) is 3.89. The van der Waals surface area contributed by atoms with Crippen LogP contribution in [-0.4, -0.2) is 67.3 Å². The van der Waals surface area contributed by atoms with Gasteiger partial charge in [0.1, 0.15) is 11.3 Å². The van der Waals surface area contributed by atoms with Gasteiger partial charge in [-0.3, -0.25) is 9.69 Å². The van der Waals surface area contributed by atoms with E-state index in [0.717, 1.165) is 35.4 Å². The molecule has 2 heterocycles. The van der Waals surface area contributed by atoms with Crippen LogP contribution in [0.5, 0.6) is 5.75 Å². The molecule has 2 aromatic rings. The SMILES string of the molecule is COc1ccc2c(CC(=O)N3CCN(CCO)CC3)coc2c1. The Labute approximate surface area is 135 Å². The van der Waals surface area contributed by atoms with Crippen LogP contribution in [0.25, 0.3) is 11.0 Å². The Kier molecular flexibility index (Phi) is 4.83. The topological polar surface area (TPSA) is 66.2 Å². The number of benzene rings is 1. The molecule has 1 aliphatic heterocycles. The van der Waals surface area contributed by atoms with Crippen LogP contribution in [0.1, 0.15) is 5.56 Å². The lowest BCUT2D eigenvalue weighted by atomic mass is 10.1. The molecule has 0 aliphatic carbocycles. The molecule has 3 rings (SSSR count). The number of nitrogens with zero attached hydrogens (tertiary/aromatic N) is 2. The van der Waals surface area contributed by atoms with Gasteiger partial charge in [0.05, 0.1) is 26.4 Å². The van der Waals surface area contributed by atoms with Gasteiger partial charge < -0.3 is 19.2 Å². The molecule has 1 amide bonds. The van der Waals surface area contributed by atoms with Crippen LogP contribution in [0.3, 0.4) is 0 Å². The molecule has 124 valence electrons. The van der Waals surface area contributed by atoms with Crippen LogP contribution in [0.4, 0.5) is 0 Å². The summed E-state index contributed by atoms with van der Waals surface area (Å²) in [5.41, 5.74) is 1.64. The lowest BCUT2D eigenvalue weighted by Crippen LogP contribution is -2.49. The van der Waals surface area contributed by atoms with E-state index < -0.39 is 0 Å². The molecule has 1 fully saturated rings. The van der Waals surface area contributed by atoms with Crippen molar-refractivity contribution in [3.8, 4) is 5.75 Å². The van der Waals surface area contributed by atoms with E-state index in [2.05, 4.69) is 4.90 Å². The summed E-state index contributed by atoms with van der Waals surface area (Å²) in [7, 11) is 1.62. The zero-order valence-corrected chi connectivity index (χ0v) is 13.3. The first-order valence-corrected chi connectivity index (χ1v) is 7.86. The Morgan fingerprint density at radius 3 is 2.78 bits per heavy atom. The Balaban J connectivity index is 1.64. The summed E-state index contributed by atoms with van der Waals surface area (Å²) in [4.78, 5) is 16.5. The zero-order chi connectivity index (χ0) is 16.2. The minimum atomic E-state index is 0.118. The second kappa shape index (κ2) is 7.02. The Morgan fingerprint density at radius 2 is 2.09 bits per heavy atom. The predicted octanol–water partition coefficient (Wildman–Crippen LogP) is 1.12. The fourth-order valence-electron chi connectivity index (χ4n) is 2.96. The van der Waals surface area contributed by atoms with Crippen LogP contribution in [0.15, 0.2) is 28.9 Å². The van der Waals surface area contributed by atoms with Crippen molar-refractivity contribution in [3.63, 3.8) is 0 Å². The third kappa shape index (κ3) is 3.48. The van der Waals surface area contributed by atoms with Crippen molar-refractivity contribution in [2.24, 2.45) is 0 Å². The maximum Gasteiger partial charge on any atom is 0.227 e. The molecule has 1 aromatic heterocycles. The molecule has 0 spiro atoms. The molecule has 0 saturated carbocycles. The lowest BCUT2D eigenvalue weighted by molar-refractivity contribution is -0.132. The third-order valence-electron chi connectivity index (χ3n) is 4.35. The number of carbonyl (C=O) groups excluding carboxylic acids is 1. The molecular weight excluding hydrogens is 296 g/mol. The Bertz CT molecular complexity index is 674. The Morgan fingerprint density at radius 1 is 1.30 bits per heavy atom. The number of piperazine rings is 1. The highest BCUT2D eigenvalue weighted by molar-refractivity contribution is 5.88. The molecule has 6 heteroatoms. The normalized spacial score (nSPS) is 16.0. The van der Waals surface area contributed by atoms with Crippen LogP contribution in [0, 0.1) is 0 Å². The van der Waals surface area contributed by atoms with Gasteiger partial charge in [0.25, 0.3) is 0 Å². The maximum atomic E-state index is 12.5. The highest BCUT2D eigenvalue weighted by atomic mass is 16.5. The first-order chi connectivity index (χ1) is 11.2. The van der Waals surface area contributed by atoms with E-state index in [1.807, 2.05) is 23.1 Å². The molecule has 1 aliphatic rings. The molecule has 1 aromatic carbocycles. The first kappa shape index (κ1) is 15.8. The van der Waals surface area contributed by atoms with Gasteiger partial charge in [-0.25, -0.2) is 0 Å². The minimum absolute atomic E-state index is 0.118. The quantitative estimate of drug-likeness (QED) is 0.895. The summed E-state index contributed by atoms with van der Waals surface area (Å²) < 4.78 is 10.7. The maximum absolute atomic E-state index is 12.5. The van der Waals surface area contributed by atoms with Crippen molar-refractivity contribution >= 4 is 16.9 Å². The van der Waals surface area contributed by atoms with E-state index in [1.165, 1.54) is 0 Å². The van der Waals surface area contributed by atoms with Gasteiger partial charge >= 0.3 is 0 Å². The fraction of sp³-hybridized carbons (Fsp3) is 0.471. The second-order valence-corrected chi connectivity index (χ2v) is 5.75. The largest absolute Gasteiger partial charge is 0.497 e. The minimum Gasteiger partial charge on any atom is -0.497 e. The average molecular weight is 318 g/mol. The third-order valence-corrected chi connectivity index (χ3v) is 4.35. The number of carbonyl (C=O) groups is 1. The van der Waals surface area contributed by atoms with Crippen LogP contribution in [0.2, 0.25) is 0 Å². The lowest BCUT2D eigenvalue weighted by Gasteiger charge is -2.34. The fourth-order valence-corrected chi connectivity index (χ4v) is 2.96. The van der Waals surface area contributed by atoms with E-state index in [-0.39, 0.29) is 12.5 Å². The number of aliphatic hydroxyl groups excluding tert-OH is 1. The van der Waals surface area contributed by atoms with Gasteiger partial charge in [-0.1, -0.05) is 0 Å². The van der Waals surface area contributed by atoms with Crippen molar-refractivity contribution < 1.29 is 19.1 Å². The number of rotatable bonds is 5. The number of hydrogen-bond donors (Lipinski definition) is 1. The number of amides is 1. The molecule has 6 nitrogen and oxygen atoms in total.